The van der Waals surface area contributed by atoms with E-state index < -0.39 is 5.91 Å². The number of rotatable bonds is 2. The molecule has 2 atom stereocenters. The average molecular weight is 247 g/mol. The quantitative estimate of drug-likeness (QED) is 0.755. The number of nitrogen functional groups attached to an aromatic ring is 1. The normalized spacial score (nSPS) is 26.3. The van der Waals surface area contributed by atoms with Gasteiger partial charge in [-0.3, -0.25) is 4.79 Å². The van der Waals surface area contributed by atoms with E-state index in [4.69, 9.17) is 16.2 Å². The van der Waals surface area contributed by atoms with E-state index in [1.807, 2.05) is 6.07 Å². The summed E-state index contributed by atoms with van der Waals surface area (Å²) in [5, 5.41) is 0. The van der Waals surface area contributed by atoms with Crippen LogP contribution in [0, 0.1) is 0 Å². The van der Waals surface area contributed by atoms with Gasteiger partial charge in [0.15, 0.2) is 0 Å². The second-order valence-electron chi connectivity index (χ2n) is 5.00. The molecular weight excluding hydrogens is 230 g/mol. The van der Waals surface area contributed by atoms with Crippen LogP contribution in [-0.4, -0.2) is 31.2 Å². The first-order valence-corrected chi connectivity index (χ1v) is 6.23. The topological polar surface area (TPSA) is 81.6 Å². The second kappa shape index (κ2) is 4.17. The van der Waals surface area contributed by atoms with Crippen LogP contribution in [0.5, 0.6) is 0 Å². The number of primary amides is 1. The Labute approximate surface area is 106 Å². The van der Waals surface area contributed by atoms with Crippen molar-refractivity contribution in [2.45, 2.75) is 25.0 Å². The van der Waals surface area contributed by atoms with Crippen LogP contribution in [0.15, 0.2) is 18.2 Å². The van der Waals surface area contributed by atoms with E-state index in [0.29, 0.717) is 11.3 Å². The summed E-state index contributed by atoms with van der Waals surface area (Å²) in [5.74, 6) is -0.413. The van der Waals surface area contributed by atoms with Gasteiger partial charge in [-0.15, -0.1) is 0 Å². The number of hydrogen-bond donors (Lipinski definition) is 2. The summed E-state index contributed by atoms with van der Waals surface area (Å²) >= 11 is 0. The van der Waals surface area contributed by atoms with Crippen molar-refractivity contribution in [3.05, 3.63) is 23.8 Å². The minimum atomic E-state index is -0.413. The number of nitrogens with two attached hydrogens (primary N) is 2. The highest BCUT2D eigenvalue weighted by Gasteiger charge is 2.34. The Hall–Kier alpha value is -1.75. The number of morpholine rings is 1. The summed E-state index contributed by atoms with van der Waals surface area (Å²) < 4.78 is 5.79. The third-order valence-corrected chi connectivity index (χ3v) is 3.67. The van der Waals surface area contributed by atoms with E-state index in [-0.39, 0.29) is 12.2 Å². The Morgan fingerprint density at radius 1 is 1.28 bits per heavy atom. The number of amides is 1. The first-order valence-electron chi connectivity index (χ1n) is 6.23. The lowest BCUT2D eigenvalue weighted by Crippen LogP contribution is -2.43. The van der Waals surface area contributed by atoms with Gasteiger partial charge in [-0.05, 0) is 31.0 Å². The molecule has 3 rings (SSSR count). The largest absolute Gasteiger partial charge is 0.399 e. The lowest BCUT2D eigenvalue weighted by atomic mass is 10.1. The lowest BCUT2D eigenvalue weighted by molar-refractivity contribution is 0.0304. The minimum absolute atomic E-state index is 0.269. The molecule has 0 saturated carbocycles. The highest BCUT2D eigenvalue weighted by Crippen LogP contribution is 2.32. The van der Waals surface area contributed by atoms with Crippen molar-refractivity contribution >= 4 is 17.3 Å². The Kier molecular flexibility index (Phi) is 2.63. The maximum Gasteiger partial charge on any atom is 0.250 e. The summed E-state index contributed by atoms with van der Waals surface area (Å²) in [4.78, 5) is 13.6. The maximum absolute atomic E-state index is 11.5. The van der Waals surface area contributed by atoms with E-state index in [9.17, 15) is 4.79 Å². The van der Waals surface area contributed by atoms with Crippen LogP contribution in [0.25, 0.3) is 0 Å². The smallest absolute Gasteiger partial charge is 0.250 e. The SMILES string of the molecule is NC(=O)c1ccc(N)cc1N1CC2CCC(C1)O2. The Morgan fingerprint density at radius 3 is 2.56 bits per heavy atom. The monoisotopic (exact) mass is 247 g/mol. The highest BCUT2D eigenvalue weighted by molar-refractivity contribution is 5.99. The molecule has 0 radical (unpaired) electrons. The molecule has 1 amide bonds. The van der Waals surface area contributed by atoms with Crippen molar-refractivity contribution < 1.29 is 9.53 Å². The predicted molar refractivity (Wildman–Crippen MR) is 69.5 cm³/mol. The van der Waals surface area contributed by atoms with Crippen molar-refractivity contribution in [3.8, 4) is 0 Å². The third kappa shape index (κ3) is 1.90. The number of anilines is 2. The number of carbonyl (C=O) groups is 1. The molecule has 2 saturated heterocycles. The van der Waals surface area contributed by atoms with Gasteiger partial charge in [0.05, 0.1) is 23.5 Å². The van der Waals surface area contributed by atoms with Crippen molar-refractivity contribution in [1.82, 2.24) is 0 Å². The number of carbonyl (C=O) groups excluding carboxylic acids is 1. The highest BCUT2D eigenvalue weighted by atomic mass is 16.5. The van der Waals surface area contributed by atoms with Gasteiger partial charge in [0, 0.05) is 18.8 Å². The zero-order valence-corrected chi connectivity index (χ0v) is 10.1. The van der Waals surface area contributed by atoms with E-state index in [2.05, 4.69) is 4.90 Å². The van der Waals surface area contributed by atoms with Crippen molar-refractivity contribution in [2.24, 2.45) is 5.73 Å². The van der Waals surface area contributed by atoms with Crippen LogP contribution in [0.1, 0.15) is 23.2 Å². The van der Waals surface area contributed by atoms with Gasteiger partial charge in [0.1, 0.15) is 0 Å². The predicted octanol–water partition coefficient (Wildman–Crippen LogP) is 0.735. The van der Waals surface area contributed by atoms with Gasteiger partial charge in [-0.25, -0.2) is 0 Å². The standard InChI is InChI=1S/C13H17N3O2/c14-8-1-4-11(13(15)17)12(5-8)16-6-9-2-3-10(7-16)18-9/h1,4-5,9-10H,2-3,6-7,14H2,(H2,15,17). The molecule has 2 bridgehead atoms. The first kappa shape index (κ1) is 11.3. The number of benzene rings is 1. The van der Waals surface area contributed by atoms with E-state index >= 15 is 0 Å². The van der Waals surface area contributed by atoms with Gasteiger partial charge >= 0.3 is 0 Å². The molecule has 0 spiro atoms. The van der Waals surface area contributed by atoms with Crippen LogP contribution >= 0.6 is 0 Å². The van der Waals surface area contributed by atoms with Gasteiger partial charge in [0.25, 0.3) is 5.91 Å². The van der Waals surface area contributed by atoms with Gasteiger partial charge in [0.2, 0.25) is 0 Å². The second-order valence-corrected chi connectivity index (χ2v) is 5.00. The van der Waals surface area contributed by atoms with Crippen molar-refractivity contribution in [3.63, 3.8) is 0 Å². The zero-order valence-electron chi connectivity index (χ0n) is 10.1. The fraction of sp³-hybridized carbons (Fsp3) is 0.462. The molecule has 2 aliphatic heterocycles. The van der Waals surface area contributed by atoms with Crippen molar-refractivity contribution in [1.29, 1.82) is 0 Å². The molecule has 0 aromatic heterocycles. The molecule has 1 aromatic carbocycles. The Morgan fingerprint density at radius 2 is 1.94 bits per heavy atom. The fourth-order valence-electron chi connectivity index (χ4n) is 2.83. The zero-order chi connectivity index (χ0) is 12.7. The summed E-state index contributed by atoms with van der Waals surface area (Å²) in [5.41, 5.74) is 13.2. The summed E-state index contributed by atoms with van der Waals surface area (Å²) in [6.45, 7) is 1.61. The number of nitrogens with zero attached hydrogens (tertiary/aromatic N) is 1. The number of ether oxygens (including phenoxy) is 1. The molecule has 0 aliphatic carbocycles. The summed E-state index contributed by atoms with van der Waals surface area (Å²) in [6, 6.07) is 5.23. The maximum atomic E-state index is 11.5. The molecule has 2 aliphatic rings. The lowest BCUT2D eigenvalue weighted by Gasteiger charge is -2.34. The van der Waals surface area contributed by atoms with Crippen LogP contribution < -0.4 is 16.4 Å². The summed E-state index contributed by atoms with van der Waals surface area (Å²) in [7, 11) is 0. The number of hydrogen-bond acceptors (Lipinski definition) is 4. The molecule has 2 fully saturated rings. The Balaban J connectivity index is 1.95. The molecule has 1 aromatic rings. The minimum Gasteiger partial charge on any atom is -0.399 e. The van der Waals surface area contributed by atoms with E-state index in [1.165, 1.54) is 0 Å². The average Bonchev–Trinajstić information content (AvgIpc) is 2.67. The molecule has 5 heteroatoms. The van der Waals surface area contributed by atoms with Crippen molar-refractivity contribution in [2.75, 3.05) is 23.7 Å². The van der Waals surface area contributed by atoms with E-state index in [0.717, 1.165) is 31.6 Å². The van der Waals surface area contributed by atoms with Crippen LogP contribution in [-0.2, 0) is 4.74 Å². The Bertz CT molecular complexity index is 477. The molecular formula is C13H17N3O2. The molecule has 4 N–H and O–H groups in total. The third-order valence-electron chi connectivity index (χ3n) is 3.67. The molecule has 2 unspecified atom stereocenters. The van der Waals surface area contributed by atoms with Gasteiger partial charge < -0.3 is 21.1 Å². The van der Waals surface area contributed by atoms with Gasteiger partial charge in [-0.1, -0.05) is 0 Å². The molecule has 18 heavy (non-hydrogen) atoms. The first-order chi connectivity index (χ1) is 8.63. The molecule has 5 nitrogen and oxygen atoms in total. The van der Waals surface area contributed by atoms with Crippen LogP contribution in [0.3, 0.4) is 0 Å². The van der Waals surface area contributed by atoms with Crippen LogP contribution in [0.2, 0.25) is 0 Å². The number of fused-ring (bicyclic) bond motifs is 2. The fourth-order valence-corrected chi connectivity index (χ4v) is 2.83. The van der Waals surface area contributed by atoms with Crippen LogP contribution in [0.4, 0.5) is 11.4 Å². The molecule has 2 heterocycles. The molecule has 96 valence electrons. The van der Waals surface area contributed by atoms with Gasteiger partial charge in [-0.2, -0.15) is 0 Å². The summed E-state index contributed by atoms with van der Waals surface area (Å²) in [6.07, 6.45) is 2.72. The van der Waals surface area contributed by atoms with E-state index in [1.54, 1.807) is 12.1 Å².